The molecule has 0 fully saturated rings. The van der Waals surface area contributed by atoms with Crippen molar-refractivity contribution in [2.75, 3.05) is 5.32 Å². The number of carbonyl (C=O) groups excluding carboxylic acids is 2. The summed E-state index contributed by atoms with van der Waals surface area (Å²) in [5, 5.41) is 3.67. The van der Waals surface area contributed by atoms with Crippen molar-refractivity contribution in [1.29, 1.82) is 0 Å². The van der Waals surface area contributed by atoms with Gasteiger partial charge in [-0.25, -0.2) is 4.98 Å². The van der Waals surface area contributed by atoms with Crippen molar-refractivity contribution in [2.45, 2.75) is 37.7 Å². The first-order chi connectivity index (χ1) is 14.7. The number of rotatable bonds is 7. The zero-order valence-corrected chi connectivity index (χ0v) is 19.0. The van der Waals surface area contributed by atoms with Crippen LogP contribution in [0.5, 0.6) is 0 Å². The lowest BCUT2D eigenvalue weighted by atomic mass is 10.2. The second-order valence-corrected chi connectivity index (χ2v) is 9.30. The molecular weight excluding hydrogens is 436 g/mol. The van der Waals surface area contributed by atoms with Gasteiger partial charge in [-0.2, -0.15) is 0 Å². The zero-order chi connectivity index (χ0) is 22.7. The number of amides is 2. The second-order valence-electron chi connectivity index (χ2n) is 7.56. The highest BCUT2D eigenvalue weighted by atomic mass is 35.5. The lowest BCUT2D eigenvalue weighted by Crippen LogP contribution is -2.28. The van der Waals surface area contributed by atoms with Gasteiger partial charge >= 0.3 is 0 Å². The number of primary amides is 1. The molecule has 1 heterocycles. The first kappa shape index (κ1) is 22.8. The molecule has 162 valence electrons. The first-order valence-corrected chi connectivity index (χ1v) is 11.0. The molecule has 0 radical (unpaired) electrons. The van der Waals surface area contributed by atoms with Gasteiger partial charge in [0.2, 0.25) is 11.8 Å². The van der Waals surface area contributed by atoms with Crippen LogP contribution in [0.15, 0.2) is 52.4 Å². The van der Waals surface area contributed by atoms with Crippen LogP contribution in [0.25, 0.3) is 10.9 Å². The summed E-state index contributed by atoms with van der Waals surface area (Å²) in [5.41, 5.74) is 6.49. The Kier molecular flexibility index (Phi) is 7.02. The fourth-order valence-electron chi connectivity index (χ4n) is 2.96. The lowest BCUT2D eigenvalue weighted by molar-refractivity contribution is -0.115. The van der Waals surface area contributed by atoms with Gasteiger partial charge in [0.1, 0.15) is 0 Å². The number of benzene rings is 2. The van der Waals surface area contributed by atoms with Gasteiger partial charge in [-0.3, -0.25) is 19.0 Å². The molecule has 3 rings (SSSR count). The molecule has 31 heavy (non-hydrogen) atoms. The van der Waals surface area contributed by atoms with Crippen LogP contribution in [0, 0.1) is 5.92 Å². The molecule has 0 bridgehead atoms. The molecule has 1 unspecified atom stereocenters. The van der Waals surface area contributed by atoms with Crippen molar-refractivity contribution in [3.05, 3.63) is 63.4 Å². The number of hydrogen-bond donors (Lipinski definition) is 2. The van der Waals surface area contributed by atoms with E-state index in [-0.39, 0.29) is 17.4 Å². The summed E-state index contributed by atoms with van der Waals surface area (Å²) in [7, 11) is 0. The zero-order valence-electron chi connectivity index (χ0n) is 17.4. The number of nitrogens with one attached hydrogen (secondary N) is 1. The van der Waals surface area contributed by atoms with Crippen LogP contribution in [0.1, 0.15) is 31.1 Å². The molecule has 3 N–H and O–H groups in total. The number of halogens is 1. The van der Waals surface area contributed by atoms with Crippen LogP contribution in [-0.4, -0.2) is 26.6 Å². The second kappa shape index (κ2) is 9.53. The topological polar surface area (TPSA) is 107 Å². The van der Waals surface area contributed by atoms with E-state index in [4.69, 9.17) is 17.3 Å². The molecule has 2 aromatic carbocycles. The van der Waals surface area contributed by atoms with Crippen molar-refractivity contribution < 1.29 is 9.59 Å². The summed E-state index contributed by atoms with van der Waals surface area (Å²) < 4.78 is 1.60. The molecule has 0 saturated carbocycles. The maximum absolute atomic E-state index is 13.1. The molecule has 0 aliphatic rings. The van der Waals surface area contributed by atoms with Crippen molar-refractivity contribution in [2.24, 2.45) is 11.7 Å². The number of carbonyl (C=O) groups is 2. The van der Waals surface area contributed by atoms with Crippen molar-refractivity contribution in [3.63, 3.8) is 0 Å². The number of aromatic nitrogens is 2. The summed E-state index contributed by atoms with van der Waals surface area (Å²) in [6.45, 7) is 6.24. The number of hydrogen-bond acceptors (Lipinski definition) is 5. The SMILES string of the molecule is CC(C)Cn1c(SC(C)C(=O)Nc2ccc(C(N)=O)cc2)nc2ccc(Cl)cc2c1=O. The predicted octanol–water partition coefficient (Wildman–Crippen LogP) is 3.92. The van der Waals surface area contributed by atoms with Crippen LogP contribution in [0.3, 0.4) is 0 Å². The Morgan fingerprint density at radius 3 is 2.45 bits per heavy atom. The molecule has 9 heteroatoms. The Hall–Kier alpha value is -2.84. The van der Waals surface area contributed by atoms with Gasteiger partial charge in [-0.05, 0) is 55.3 Å². The average molecular weight is 459 g/mol. The lowest BCUT2D eigenvalue weighted by Gasteiger charge is -2.17. The Bertz CT molecular complexity index is 1190. The third-order valence-corrected chi connectivity index (χ3v) is 5.84. The van der Waals surface area contributed by atoms with E-state index in [9.17, 15) is 14.4 Å². The van der Waals surface area contributed by atoms with Crippen molar-refractivity contribution in [1.82, 2.24) is 9.55 Å². The standard InChI is InChI=1S/C22H23ClN4O3S/c1-12(2)11-27-21(30)17-10-15(23)6-9-18(17)26-22(27)31-13(3)20(29)25-16-7-4-14(5-8-16)19(24)28/h4-10,12-13H,11H2,1-3H3,(H2,24,28)(H,25,29). The molecule has 0 saturated heterocycles. The maximum atomic E-state index is 13.1. The molecule has 0 spiro atoms. The summed E-state index contributed by atoms with van der Waals surface area (Å²) in [5.74, 6) is -0.574. The highest BCUT2D eigenvalue weighted by Crippen LogP contribution is 2.25. The van der Waals surface area contributed by atoms with E-state index >= 15 is 0 Å². The molecule has 3 aromatic rings. The van der Waals surface area contributed by atoms with Crippen molar-refractivity contribution >= 4 is 51.8 Å². The van der Waals surface area contributed by atoms with E-state index < -0.39 is 11.2 Å². The number of anilines is 1. The summed E-state index contributed by atoms with van der Waals surface area (Å²) in [6, 6.07) is 11.3. The van der Waals surface area contributed by atoms with E-state index in [1.807, 2.05) is 13.8 Å². The maximum Gasteiger partial charge on any atom is 0.262 e. The number of nitrogens with two attached hydrogens (primary N) is 1. The van der Waals surface area contributed by atoms with Crippen molar-refractivity contribution in [3.8, 4) is 0 Å². The van der Waals surface area contributed by atoms with Gasteiger partial charge in [0.25, 0.3) is 5.56 Å². The van der Waals surface area contributed by atoms with Gasteiger partial charge in [0.15, 0.2) is 5.16 Å². The predicted molar refractivity (Wildman–Crippen MR) is 125 cm³/mol. The number of thioether (sulfide) groups is 1. The smallest absolute Gasteiger partial charge is 0.262 e. The van der Waals surface area contributed by atoms with Crippen LogP contribution >= 0.6 is 23.4 Å². The van der Waals surface area contributed by atoms with Gasteiger partial charge in [-0.15, -0.1) is 0 Å². The number of fused-ring (bicyclic) bond motifs is 1. The largest absolute Gasteiger partial charge is 0.366 e. The molecular formula is C22H23ClN4O3S. The minimum absolute atomic E-state index is 0.182. The third-order valence-electron chi connectivity index (χ3n) is 4.52. The highest BCUT2D eigenvalue weighted by molar-refractivity contribution is 8.00. The summed E-state index contributed by atoms with van der Waals surface area (Å²) in [6.07, 6.45) is 0. The van der Waals surface area contributed by atoms with Crippen LogP contribution in [0.4, 0.5) is 5.69 Å². The van der Waals surface area contributed by atoms with Gasteiger partial charge in [0, 0.05) is 22.8 Å². The van der Waals surface area contributed by atoms with E-state index in [1.54, 1.807) is 54.0 Å². The van der Waals surface area contributed by atoms with Gasteiger partial charge < -0.3 is 11.1 Å². The molecule has 0 aliphatic heterocycles. The number of nitrogens with zero attached hydrogens (tertiary/aromatic N) is 2. The molecule has 1 atom stereocenters. The molecule has 7 nitrogen and oxygen atoms in total. The Morgan fingerprint density at radius 2 is 1.84 bits per heavy atom. The minimum atomic E-state index is -0.534. The molecule has 2 amide bonds. The normalized spacial score (nSPS) is 12.2. The third kappa shape index (κ3) is 5.45. The average Bonchev–Trinajstić information content (AvgIpc) is 2.71. The van der Waals surface area contributed by atoms with E-state index in [2.05, 4.69) is 10.3 Å². The van der Waals surface area contributed by atoms with Crippen LogP contribution in [0.2, 0.25) is 5.02 Å². The fraction of sp³-hybridized carbons (Fsp3) is 0.273. The van der Waals surface area contributed by atoms with Gasteiger partial charge in [-0.1, -0.05) is 37.2 Å². The van der Waals surface area contributed by atoms with Crippen LogP contribution in [-0.2, 0) is 11.3 Å². The van der Waals surface area contributed by atoms with E-state index in [0.717, 1.165) is 0 Å². The highest BCUT2D eigenvalue weighted by Gasteiger charge is 2.20. The quantitative estimate of drug-likeness (QED) is 0.412. The fourth-order valence-corrected chi connectivity index (χ4v) is 4.05. The Labute approximate surface area is 189 Å². The molecule has 1 aromatic heterocycles. The van der Waals surface area contributed by atoms with E-state index in [0.29, 0.717) is 38.9 Å². The summed E-state index contributed by atoms with van der Waals surface area (Å²) in [4.78, 5) is 41.6. The Balaban J connectivity index is 1.86. The first-order valence-electron chi connectivity index (χ1n) is 9.73. The summed E-state index contributed by atoms with van der Waals surface area (Å²) >= 11 is 7.27. The molecule has 0 aliphatic carbocycles. The van der Waals surface area contributed by atoms with Crippen LogP contribution < -0.4 is 16.6 Å². The van der Waals surface area contributed by atoms with Gasteiger partial charge in [0.05, 0.1) is 16.2 Å². The minimum Gasteiger partial charge on any atom is -0.366 e. The Morgan fingerprint density at radius 1 is 1.16 bits per heavy atom. The monoisotopic (exact) mass is 458 g/mol. The van der Waals surface area contributed by atoms with E-state index in [1.165, 1.54) is 11.8 Å².